The quantitative estimate of drug-likeness (QED) is 0.686. The Bertz CT molecular complexity index is 212. The number of nitrogens with zero attached hydrogens (tertiary/aromatic N) is 1. The van der Waals surface area contributed by atoms with E-state index in [0.29, 0.717) is 5.54 Å². The molecule has 0 aromatic heterocycles. The zero-order valence-corrected chi connectivity index (χ0v) is 9.81. The fraction of sp³-hybridized carbons (Fsp3) is 1.00. The highest BCUT2D eigenvalue weighted by Crippen LogP contribution is 2.56. The van der Waals surface area contributed by atoms with E-state index in [0.717, 1.165) is 0 Å². The summed E-state index contributed by atoms with van der Waals surface area (Å²) in [6.07, 6.45) is 6.48. The van der Waals surface area contributed by atoms with E-state index in [4.69, 9.17) is 4.74 Å². The van der Waals surface area contributed by atoms with Crippen LogP contribution in [0.2, 0.25) is 0 Å². The van der Waals surface area contributed by atoms with Gasteiger partial charge < -0.3 is 4.74 Å². The molecule has 0 amide bonds. The Morgan fingerprint density at radius 2 is 1.93 bits per heavy atom. The van der Waals surface area contributed by atoms with Crippen molar-refractivity contribution in [2.45, 2.75) is 57.1 Å². The lowest BCUT2D eigenvalue weighted by Gasteiger charge is -2.43. The number of ether oxygens (including phenoxy) is 1. The summed E-state index contributed by atoms with van der Waals surface area (Å²) in [7, 11) is 1.90. The van der Waals surface area contributed by atoms with Gasteiger partial charge in [-0.15, -0.1) is 0 Å². The van der Waals surface area contributed by atoms with Crippen LogP contribution in [0.15, 0.2) is 0 Å². The predicted octanol–water partition coefficient (Wildman–Crippen LogP) is 2.43. The van der Waals surface area contributed by atoms with Gasteiger partial charge in [0.15, 0.2) is 0 Å². The molecule has 0 radical (unpaired) electrons. The molecule has 14 heavy (non-hydrogen) atoms. The number of likely N-dealkylation sites (tertiary alicyclic amines) is 1. The van der Waals surface area contributed by atoms with E-state index in [-0.39, 0.29) is 5.60 Å². The van der Waals surface area contributed by atoms with E-state index in [2.05, 4.69) is 18.7 Å². The number of likely N-dealkylation sites (N-methyl/N-ethyl adjacent to an activating group) is 1. The van der Waals surface area contributed by atoms with Crippen LogP contribution >= 0.6 is 0 Å². The van der Waals surface area contributed by atoms with Crippen LogP contribution in [-0.4, -0.2) is 36.2 Å². The van der Waals surface area contributed by atoms with Crippen LogP contribution in [0.4, 0.5) is 0 Å². The van der Waals surface area contributed by atoms with Gasteiger partial charge in [0.05, 0.1) is 5.60 Å². The molecule has 1 heterocycles. The second-order valence-electron chi connectivity index (χ2n) is 4.77. The molecule has 0 spiro atoms. The van der Waals surface area contributed by atoms with Crippen LogP contribution in [-0.2, 0) is 4.74 Å². The average molecular weight is 197 g/mol. The Labute approximate surface area is 87.6 Å². The van der Waals surface area contributed by atoms with Crippen LogP contribution < -0.4 is 0 Å². The number of rotatable bonds is 4. The standard InChI is InChI=1S/C12H23NO/c1-4-11(12(14-3)8-9-12)7-6-10-13(11)5-2/h4-10H2,1-3H3. The largest absolute Gasteiger partial charge is 0.376 e. The molecule has 0 bridgehead atoms. The summed E-state index contributed by atoms with van der Waals surface area (Å²) in [5, 5.41) is 0. The van der Waals surface area contributed by atoms with Crippen LogP contribution in [0.25, 0.3) is 0 Å². The van der Waals surface area contributed by atoms with E-state index >= 15 is 0 Å². The molecule has 0 aromatic rings. The van der Waals surface area contributed by atoms with Crippen molar-refractivity contribution >= 4 is 0 Å². The molecule has 1 unspecified atom stereocenters. The smallest absolute Gasteiger partial charge is 0.0863 e. The second-order valence-corrected chi connectivity index (χ2v) is 4.77. The summed E-state index contributed by atoms with van der Waals surface area (Å²) in [5.41, 5.74) is 0.588. The van der Waals surface area contributed by atoms with Crippen molar-refractivity contribution in [1.29, 1.82) is 0 Å². The third-order valence-corrected chi connectivity index (χ3v) is 4.53. The predicted molar refractivity (Wildman–Crippen MR) is 58.5 cm³/mol. The van der Waals surface area contributed by atoms with Crippen molar-refractivity contribution in [3.8, 4) is 0 Å². The van der Waals surface area contributed by atoms with Gasteiger partial charge in [0.25, 0.3) is 0 Å². The first kappa shape index (κ1) is 10.4. The molecule has 1 aliphatic carbocycles. The van der Waals surface area contributed by atoms with E-state index < -0.39 is 0 Å². The van der Waals surface area contributed by atoms with Crippen LogP contribution in [0, 0.1) is 0 Å². The van der Waals surface area contributed by atoms with Gasteiger partial charge in [-0.3, -0.25) is 4.90 Å². The monoisotopic (exact) mass is 197 g/mol. The minimum Gasteiger partial charge on any atom is -0.376 e. The lowest BCUT2D eigenvalue weighted by molar-refractivity contribution is -0.0563. The number of hydrogen-bond acceptors (Lipinski definition) is 2. The number of methoxy groups -OCH3 is 1. The van der Waals surface area contributed by atoms with Crippen molar-refractivity contribution in [3.05, 3.63) is 0 Å². The van der Waals surface area contributed by atoms with Gasteiger partial charge in [0.2, 0.25) is 0 Å². The van der Waals surface area contributed by atoms with Gasteiger partial charge >= 0.3 is 0 Å². The highest BCUT2D eigenvalue weighted by atomic mass is 16.5. The SMILES string of the molecule is CCN1CCCC1(CC)C1(OC)CC1. The van der Waals surface area contributed by atoms with Crippen molar-refractivity contribution in [1.82, 2.24) is 4.90 Å². The molecule has 1 atom stereocenters. The topological polar surface area (TPSA) is 12.5 Å². The van der Waals surface area contributed by atoms with Crippen molar-refractivity contribution < 1.29 is 4.74 Å². The molecule has 2 fully saturated rings. The van der Waals surface area contributed by atoms with Crippen molar-refractivity contribution in [2.24, 2.45) is 0 Å². The van der Waals surface area contributed by atoms with Crippen LogP contribution in [0.3, 0.4) is 0 Å². The third kappa shape index (κ3) is 1.17. The molecular weight excluding hydrogens is 174 g/mol. The minimum absolute atomic E-state index is 0.217. The summed E-state index contributed by atoms with van der Waals surface area (Å²) < 4.78 is 5.82. The molecule has 2 rings (SSSR count). The summed E-state index contributed by atoms with van der Waals surface area (Å²) >= 11 is 0. The maximum absolute atomic E-state index is 5.82. The minimum atomic E-state index is 0.217. The van der Waals surface area contributed by atoms with E-state index in [9.17, 15) is 0 Å². The van der Waals surface area contributed by atoms with Crippen LogP contribution in [0.1, 0.15) is 46.0 Å². The molecule has 2 nitrogen and oxygen atoms in total. The number of hydrogen-bond donors (Lipinski definition) is 0. The fourth-order valence-electron chi connectivity index (χ4n) is 3.61. The van der Waals surface area contributed by atoms with Gasteiger partial charge in [-0.05, 0) is 45.2 Å². The van der Waals surface area contributed by atoms with E-state index in [1.54, 1.807) is 0 Å². The first-order chi connectivity index (χ1) is 6.74. The van der Waals surface area contributed by atoms with Crippen molar-refractivity contribution in [2.75, 3.05) is 20.2 Å². The average Bonchev–Trinajstić information content (AvgIpc) is 2.92. The summed E-state index contributed by atoms with van der Waals surface area (Å²) in [6, 6.07) is 0. The zero-order chi connectivity index (χ0) is 10.2. The van der Waals surface area contributed by atoms with Gasteiger partial charge in [-0.1, -0.05) is 13.8 Å². The highest BCUT2D eigenvalue weighted by molar-refractivity contribution is 5.17. The van der Waals surface area contributed by atoms with Gasteiger partial charge in [0.1, 0.15) is 0 Å². The van der Waals surface area contributed by atoms with Gasteiger partial charge in [-0.25, -0.2) is 0 Å². The Hall–Kier alpha value is -0.0800. The molecule has 1 saturated carbocycles. The third-order valence-electron chi connectivity index (χ3n) is 4.53. The Morgan fingerprint density at radius 3 is 2.36 bits per heavy atom. The second kappa shape index (κ2) is 3.49. The van der Waals surface area contributed by atoms with E-state index in [1.807, 2.05) is 7.11 Å². The molecule has 2 aliphatic rings. The Balaban J connectivity index is 2.24. The van der Waals surface area contributed by atoms with Gasteiger partial charge in [-0.2, -0.15) is 0 Å². The summed E-state index contributed by atoms with van der Waals surface area (Å²) in [4.78, 5) is 2.66. The molecule has 2 heteroatoms. The lowest BCUT2D eigenvalue weighted by atomic mass is 9.84. The Morgan fingerprint density at radius 1 is 1.21 bits per heavy atom. The summed E-state index contributed by atoms with van der Waals surface area (Å²) in [6.45, 7) is 7.06. The molecule has 1 aliphatic heterocycles. The van der Waals surface area contributed by atoms with Crippen LogP contribution in [0.5, 0.6) is 0 Å². The highest BCUT2D eigenvalue weighted by Gasteiger charge is 2.62. The molecular formula is C12H23NO. The maximum atomic E-state index is 5.82. The van der Waals surface area contributed by atoms with E-state index in [1.165, 1.54) is 45.2 Å². The zero-order valence-electron chi connectivity index (χ0n) is 9.81. The van der Waals surface area contributed by atoms with Crippen molar-refractivity contribution in [3.63, 3.8) is 0 Å². The fourth-order valence-corrected chi connectivity index (χ4v) is 3.61. The van der Waals surface area contributed by atoms with Gasteiger partial charge in [0, 0.05) is 12.6 Å². The lowest BCUT2D eigenvalue weighted by Crippen LogP contribution is -2.54. The molecule has 0 aromatic carbocycles. The first-order valence-electron chi connectivity index (χ1n) is 6.05. The maximum Gasteiger partial charge on any atom is 0.0863 e. The first-order valence-corrected chi connectivity index (χ1v) is 6.05. The molecule has 1 saturated heterocycles. The Kier molecular flexibility index (Phi) is 2.61. The molecule has 82 valence electrons. The molecule has 0 N–H and O–H groups in total. The normalized spacial score (nSPS) is 36.2. The summed E-state index contributed by atoms with van der Waals surface area (Å²) in [5.74, 6) is 0.